The molecule has 1 aliphatic heterocycles. The van der Waals surface area contributed by atoms with Crippen LogP contribution in [0.1, 0.15) is 22.3 Å². The number of amides is 2. The first-order chi connectivity index (χ1) is 11.5. The average molecular weight is 324 g/mol. The van der Waals surface area contributed by atoms with E-state index in [9.17, 15) is 14.4 Å². The smallest absolute Gasteiger partial charge is 0.335 e. The monoisotopic (exact) mass is 324 g/mol. The maximum Gasteiger partial charge on any atom is 0.335 e. The van der Waals surface area contributed by atoms with E-state index in [-0.39, 0.29) is 23.8 Å². The Morgan fingerprint density at radius 2 is 1.71 bits per heavy atom. The zero-order valence-corrected chi connectivity index (χ0v) is 13.0. The number of hydrogen-bond acceptors (Lipinski definition) is 4. The molecular weight excluding hydrogens is 308 g/mol. The predicted octanol–water partition coefficient (Wildman–Crippen LogP) is 2.44. The fourth-order valence-electron chi connectivity index (χ4n) is 2.62. The van der Waals surface area contributed by atoms with Crippen molar-refractivity contribution in [1.29, 1.82) is 0 Å². The fourth-order valence-corrected chi connectivity index (χ4v) is 2.62. The number of aromatic carboxylic acids is 1. The highest BCUT2D eigenvalue weighted by molar-refractivity contribution is 6.23. The molecule has 6 nitrogen and oxygen atoms in total. The van der Waals surface area contributed by atoms with E-state index in [1.54, 1.807) is 24.3 Å². The van der Waals surface area contributed by atoms with E-state index < -0.39 is 12.0 Å². The van der Waals surface area contributed by atoms with E-state index in [1.165, 1.54) is 17.0 Å². The summed E-state index contributed by atoms with van der Waals surface area (Å²) in [4.78, 5) is 36.8. The van der Waals surface area contributed by atoms with Gasteiger partial charge in [0, 0.05) is 5.69 Å². The van der Waals surface area contributed by atoms with Gasteiger partial charge in [0.1, 0.15) is 6.04 Å². The van der Waals surface area contributed by atoms with Crippen molar-refractivity contribution in [2.24, 2.45) is 0 Å². The summed E-state index contributed by atoms with van der Waals surface area (Å²) in [5.41, 5.74) is 2.36. The summed E-state index contributed by atoms with van der Waals surface area (Å²) in [7, 11) is 0. The summed E-state index contributed by atoms with van der Waals surface area (Å²) in [5, 5.41) is 11.9. The van der Waals surface area contributed by atoms with E-state index in [2.05, 4.69) is 5.32 Å². The second kappa shape index (κ2) is 6.16. The van der Waals surface area contributed by atoms with E-state index in [4.69, 9.17) is 5.11 Å². The standard InChI is InChI=1S/C18H16N2O4/c1-11-2-8-14(9-3-11)20-16(21)10-15(17(20)22)19-13-6-4-12(5-7-13)18(23)24/h2-9,15,19H,10H2,1H3,(H,23,24). The predicted molar refractivity (Wildman–Crippen MR) is 89.1 cm³/mol. The normalized spacial score (nSPS) is 17.2. The van der Waals surface area contributed by atoms with E-state index in [1.807, 2.05) is 19.1 Å². The molecule has 1 atom stereocenters. The van der Waals surface area contributed by atoms with E-state index >= 15 is 0 Å². The Morgan fingerprint density at radius 3 is 2.29 bits per heavy atom. The molecule has 1 heterocycles. The van der Waals surface area contributed by atoms with Gasteiger partial charge in [0.05, 0.1) is 17.7 Å². The number of imide groups is 1. The molecule has 1 aliphatic rings. The number of nitrogens with zero attached hydrogens (tertiary/aromatic N) is 1. The fraction of sp³-hybridized carbons (Fsp3) is 0.167. The molecule has 2 amide bonds. The molecule has 122 valence electrons. The minimum Gasteiger partial charge on any atom is -0.478 e. The van der Waals surface area contributed by atoms with Crippen molar-refractivity contribution in [2.45, 2.75) is 19.4 Å². The molecule has 6 heteroatoms. The zero-order chi connectivity index (χ0) is 17.3. The second-order valence-electron chi connectivity index (χ2n) is 5.69. The zero-order valence-electron chi connectivity index (χ0n) is 13.0. The number of anilines is 2. The summed E-state index contributed by atoms with van der Waals surface area (Å²) in [5.74, 6) is -1.59. The number of carbonyl (C=O) groups excluding carboxylic acids is 2. The molecule has 2 N–H and O–H groups in total. The van der Waals surface area contributed by atoms with Crippen LogP contribution in [0.15, 0.2) is 48.5 Å². The lowest BCUT2D eigenvalue weighted by molar-refractivity contribution is -0.121. The van der Waals surface area contributed by atoms with Gasteiger partial charge in [-0.2, -0.15) is 0 Å². The molecule has 1 unspecified atom stereocenters. The van der Waals surface area contributed by atoms with Crippen LogP contribution in [0.2, 0.25) is 0 Å². The van der Waals surface area contributed by atoms with Crippen LogP contribution in [0, 0.1) is 6.92 Å². The van der Waals surface area contributed by atoms with Crippen LogP contribution >= 0.6 is 0 Å². The maximum absolute atomic E-state index is 12.5. The lowest BCUT2D eigenvalue weighted by Crippen LogP contribution is -2.34. The van der Waals surface area contributed by atoms with Crippen molar-refractivity contribution in [3.8, 4) is 0 Å². The van der Waals surface area contributed by atoms with Crippen molar-refractivity contribution in [2.75, 3.05) is 10.2 Å². The van der Waals surface area contributed by atoms with Crippen LogP contribution in [-0.4, -0.2) is 28.9 Å². The van der Waals surface area contributed by atoms with E-state index in [0.717, 1.165) is 5.56 Å². The Morgan fingerprint density at radius 1 is 1.08 bits per heavy atom. The Balaban J connectivity index is 1.76. The quantitative estimate of drug-likeness (QED) is 0.844. The average Bonchev–Trinajstić information content (AvgIpc) is 2.83. The largest absolute Gasteiger partial charge is 0.478 e. The minimum absolute atomic E-state index is 0.0629. The lowest BCUT2D eigenvalue weighted by Gasteiger charge is -2.16. The van der Waals surface area contributed by atoms with Gasteiger partial charge >= 0.3 is 5.97 Å². The number of rotatable bonds is 4. The van der Waals surface area contributed by atoms with Gasteiger partial charge in [0.25, 0.3) is 5.91 Å². The number of carboxylic acids is 1. The number of benzene rings is 2. The minimum atomic E-state index is -1.01. The number of nitrogens with one attached hydrogen (secondary N) is 1. The number of carbonyl (C=O) groups is 3. The van der Waals surface area contributed by atoms with Gasteiger partial charge in [-0.25, -0.2) is 9.69 Å². The molecule has 0 saturated carbocycles. The SMILES string of the molecule is Cc1ccc(N2C(=O)CC(Nc3ccc(C(=O)O)cc3)C2=O)cc1. The first kappa shape index (κ1) is 15.7. The van der Waals surface area contributed by atoms with Gasteiger partial charge in [0.2, 0.25) is 5.91 Å². The molecule has 1 fully saturated rings. The van der Waals surface area contributed by atoms with Crippen molar-refractivity contribution < 1.29 is 19.5 Å². The first-order valence-corrected chi connectivity index (χ1v) is 7.49. The number of hydrogen-bond donors (Lipinski definition) is 2. The lowest BCUT2D eigenvalue weighted by atomic mass is 10.2. The number of aryl methyl sites for hydroxylation is 1. The summed E-state index contributed by atoms with van der Waals surface area (Å²) in [6.45, 7) is 1.93. The van der Waals surface area contributed by atoms with Gasteiger partial charge in [-0.1, -0.05) is 17.7 Å². The van der Waals surface area contributed by atoms with Crippen molar-refractivity contribution in [3.05, 3.63) is 59.7 Å². The highest BCUT2D eigenvalue weighted by Crippen LogP contribution is 2.25. The van der Waals surface area contributed by atoms with Crippen LogP contribution in [0.4, 0.5) is 11.4 Å². The Kier molecular flexibility index (Phi) is 4.04. The molecule has 2 aromatic rings. The Labute approximate surface area is 138 Å². The van der Waals surface area contributed by atoms with Crippen LogP contribution < -0.4 is 10.2 Å². The third kappa shape index (κ3) is 2.99. The van der Waals surface area contributed by atoms with E-state index in [0.29, 0.717) is 11.4 Å². The maximum atomic E-state index is 12.5. The molecule has 0 bridgehead atoms. The third-order valence-electron chi connectivity index (χ3n) is 3.91. The molecule has 0 aliphatic carbocycles. The van der Waals surface area contributed by atoms with Crippen LogP contribution in [-0.2, 0) is 9.59 Å². The molecular formula is C18H16N2O4. The number of carboxylic acid groups (broad SMARTS) is 1. The molecule has 0 aromatic heterocycles. The first-order valence-electron chi connectivity index (χ1n) is 7.49. The van der Waals surface area contributed by atoms with Gasteiger partial charge in [-0.05, 0) is 43.3 Å². The molecule has 3 rings (SSSR count). The third-order valence-corrected chi connectivity index (χ3v) is 3.91. The van der Waals surface area contributed by atoms with Gasteiger partial charge in [-0.15, -0.1) is 0 Å². The van der Waals surface area contributed by atoms with Crippen molar-refractivity contribution in [1.82, 2.24) is 0 Å². The molecule has 24 heavy (non-hydrogen) atoms. The van der Waals surface area contributed by atoms with Crippen molar-refractivity contribution in [3.63, 3.8) is 0 Å². The van der Waals surface area contributed by atoms with Gasteiger partial charge in [0.15, 0.2) is 0 Å². The van der Waals surface area contributed by atoms with Crippen molar-refractivity contribution >= 4 is 29.2 Å². The molecule has 0 spiro atoms. The van der Waals surface area contributed by atoms with Gasteiger partial charge in [-0.3, -0.25) is 9.59 Å². The summed E-state index contributed by atoms with van der Waals surface area (Å²) < 4.78 is 0. The summed E-state index contributed by atoms with van der Waals surface area (Å²) in [6, 6.07) is 12.6. The van der Waals surface area contributed by atoms with Crippen LogP contribution in [0.3, 0.4) is 0 Å². The molecule has 1 saturated heterocycles. The highest BCUT2D eigenvalue weighted by atomic mass is 16.4. The molecule has 2 aromatic carbocycles. The topological polar surface area (TPSA) is 86.7 Å². The van der Waals surface area contributed by atoms with Crippen LogP contribution in [0.25, 0.3) is 0 Å². The summed E-state index contributed by atoms with van der Waals surface area (Å²) >= 11 is 0. The highest BCUT2D eigenvalue weighted by Gasteiger charge is 2.39. The summed E-state index contributed by atoms with van der Waals surface area (Å²) in [6.07, 6.45) is 0.0629. The molecule has 0 radical (unpaired) electrons. The van der Waals surface area contributed by atoms with Crippen LogP contribution in [0.5, 0.6) is 0 Å². The van der Waals surface area contributed by atoms with Gasteiger partial charge < -0.3 is 10.4 Å². The second-order valence-corrected chi connectivity index (χ2v) is 5.69. The Hall–Kier alpha value is -3.15. The Bertz CT molecular complexity index is 797.